The topological polar surface area (TPSA) is 12.0 Å². The number of rotatable bonds is 2. The molecule has 0 aliphatic carbocycles. The molecule has 1 aromatic rings. The maximum Gasteiger partial charge on any atom is 0.00235 e. The molecule has 0 aromatic heterocycles. The third-order valence-electron chi connectivity index (χ3n) is 3.35. The lowest BCUT2D eigenvalue weighted by Gasteiger charge is -2.22. The summed E-state index contributed by atoms with van der Waals surface area (Å²) < 4.78 is 0. The van der Waals surface area contributed by atoms with Gasteiger partial charge < -0.3 is 5.32 Å². The summed E-state index contributed by atoms with van der Waals surface area (Å²) in [6, 6.07) is 10.9. The molecule has 2 rings (SSSR count). The molecule has 1 unspecified atom stereocenters. The quantitative estimate of drug-likeness (QED) is 0.754. The van der Waals surface area contributed by atoms with E-state index >= 15 is 0 Å². The van der Waals surface area contributed by atoms with Gasteiger partial charge in [0.05, 0.1) is 0 Å². The molecule has 1 N–H and O–H groups in total. The van der Waals surface area contributed by atoms with Gasteiger partial charge in [-0.3, -0.25) is 0 Å². The Balaban J connectivity index is 2.18. The summed E-state index contributed by atoms with van der Waals surface area (Å²) in [6.45, 7) is 6.98. The zero-order valence-corrected chi connectivity index (χ0v) is 9.03. The van der Waals surface area contributed by atoms with Gasteiger partial charge in [-0.25, -0.2) is 0 Å². The van der Waals surface area contributed by atoms with Crippen LogP contribution in [0.5, 0.6) is 0 Å². The molecule has 1 aliphatic rings. The van der Waals surface area contributed by atoms with Gasteiger partial charge in [-0.2, -0.15) is 0 Å². The summed E-state index contributed by atoms with van der Waals surface area (Å²) in [6.07, 6.45) is 0. The normalized spacial score (nSPS) is 27.1. The van der Waals surface area contributed by atoms with E-state index in [9.17, 15) is 0 Å². The zero-order chi connectivity index (χ0) is 9.97. The Kier molecular flexibility index (Phi) is 2.87. The molecular formula is C13H19N. The van der Waals surface area contributed by atoms with E-state index in [2.05, 4.69) is 49.5 Å². The van der Waals surface area contributed by atoms with Crippen LogP contribution in [0.1, 0.15) is 25.3 Å². The Labute approximate surface area is 86.5 Å². The van der Waals surface area contributed by atoms with Gasteiger partial charge in [-0.1, -0.05) is 44.2 Å². The monoisotopic (exact) mass is 189 g/mol. The fourth-order valence-electron chi connectivity index (χ4n) is 2.46. The van der Waals surface area contributed by atoms with Crippen molar-refractivity contribution in [1.82, 2.24) is 5.32 Å². The maximum atomic E-state index is 3.50. The third kappa shape index (κ3) is 1.83. The van der Waals surface area contributed by atoms with E-state index in [-0.39, 0.29) is 0 Å². The third-order valence-corrected chi connectivity index (χ3v) is 3.35. The van der Waals surface area contributed by atoms with Gasteiger partial charge in [-0.05, 0) is 23.9 Å². The summed E-state index contributed by atoms with van der Waals surface area (Å²) in [4.78, 5) is 0. The SMILES string of the molecule is CC(C)[C@H]1CNCC1c1ccccc1. The summed E-state index contributed by atoms with van der Waals surface area (Å²) in [5.74, 6) is 2.30. The second-order valence-corrected chi connectivity index (χ2v) is 4.58. The molecular weight excluding hydrogens is 170 g/mol. The minimum absolute atomic E-state index is 0.719. The Morgan fingerprint density at radius 1 is 1.14 bits per heavy atom. The molecule has 1 saturated heterocycles. The smallest absolute Gasteiger partial charge is 0.00235 e. The Morgan fingerprint density at radius 3 is 2.50 bits per heavy atom. The molecule has 0 spiro atoms. The van der Waals surface area contributed by atoms with E-state index < -0.39 is 0 Å². The summed E-state index contributed by atoms with van der Waals surface area (Å²) in [5, 5.41) is 3.50. The van der Waals surface area contributed by atoms with Crippen LogP contribution in [0.3, 0.4) is 0 Å². The van der Waals surface area contributed by atoms with Crippen LogP contribution in [0.15, 0.2) is 30.3 Å². The van der Waals surface area contributed by atoms with Crippen molar-refractivity contribution in [2.75, 3.05) is 13.1 Å². The molecule has 1 heteroatoms. The van der Waals surface area contributed by atoms with Crippen LogP contribution in [-0.2, 0) is 0 Å². The molecule has 1 aromatic carbocycles. The van der Waals surface area contributed by atoms with E-state index in [0.717, 1.165) is 24.3 Å². The van der Waals surface area contributed by atoms with Gasteiger partial charge in [-0.15, -0.1) is 0 Å². The minimum Gasteiger partial charge on any atom is -0.316 e. The first-order chi connectivity index (χ1) is 6.79. The highest BCUT2D eigenvalue weighted by molar-refractivity contribution is 5.22. The number of hydrogen-bond donors (Lipinski definition) is 1. The van der Waals surface area contributed by atoms with Crippen molar-refractivity contribution >= 4 is 0 Å². The van der Waals surface area contributed by atoms with Gasteiger partial charge in [0.2, 0.25) is 0 Å². The van der Waals surface area contributed by atoms with Crippen LogP contribution in [0.25, 0.3) is 0 Å². The summed E-state index contributed by atoms with van der Waals surface area (Å²) >= 11 is 0. The van der Waals surface area contributed by atoms with Crippen molar-refractivity contribution in [2.24, 2.45) is 11.8 Å². The lowest BCUT2D eigenvalue weighted by atomic mass is 9.82. The predicted octanol–water partition coefficient (Wildman–Crippen LogP) is 2.65. The van der Waals surface area contributed by atoms with E-state index in [1.54, 1.807) is 0 Å². The van der Waals surface area contributed by atoms with Gasteiger partial charge in [0.1, 0.15) is 0 Å². The van der Waals surface area contributed by atoms with Crippen molar-refractivity contribution in [2.45, 2.75) is 19.8 Å². The standard InChI is InChI=1S/C13H19N/c1-10(2)12-8-14-9-13(12)11-6-4-3-5-7-11/h3-7,10,12-14H,8-9H2,1-2H3/t12-,13?/m1/s1. The Hall–Kier alpha value is -0.820. The molecule has 1 fully saturated rings. The highest BCUT2D eigenvalue weighted by atomic mass is 14.9. The second-order valence-electron chi connectivity index (χ2n) is 4.58. The summed E-state index contributed by atoms with van der Waals surface area (Å²) in [7, 11) is 0. The van der Waals surface area contributed by atoms with Crippen molar-refractivity contribution in [1.29, 1.82) is 0 Å². The highest BCUT2D eigenvalue weighted by Gasteiger charge is 2.30. The van der Waals surface area contributed by atoms with Crippen LogP contribution in [0, 0.1) is 11.8 Å². The maximum absolute atomic E-state index is 3.50. The van der Waals surface area contributed by atoms with Crippen LogP contribution >= 0.6 is 0 Å². The first-order valence-corrected chi connectivity index (χ1v) is 5.54. The van der Waals surface area contributed by atoms with Crippen molar-refractivity contribution in [3.8, 4) is 0 Å². The van der Waals surface area contributed by atoms with Gasteiger partial charge in [0.15, 0.2) is 0 Å². The van der Waals surface area contributed by atoms with Crippen LogP contribution < -0.4 is 5.32 Å². The minimum atomic E-state index is 0.719. The van der Waals surface area contributed by atoms with Crippen LogP contribution in [-0.4, -0.2) is 13.1 Å². The van der Waals surface area contributed by atoms with Crippen LogP contribution in [0.2, 0.25) is 0 Å². The Morgan fingerprint density at radius 2 is 1.86 bits per heavy atom. The average Bonchev–Trinajstić information content (AvgIpc) is 2.67. The molecule has 0 saturated carbocycles. The fraction of sp³-hybridized carbons (Fsp3) is 0.538. The van der Waals surface area contributed by atoms with E-state index in [1.165, 1.54) is 12.1 Å². The molecule has 0 amide bonds. The number of hydrogen-bond acceptors (Lipinski definition) is 1. The lowest BCUT2D eigenvalue weighted by Crippen LogP contribution is -2.16. The van der Waals surface area contributed by atoms with Gasteiger partial charge >= 0.3 is 0 Å². The summed E-state index contributed by atoms with van der Waals surface area (Å²) in [5.41, 5.74) is 1.50. The molecule has 0 bridgehead atoms. The van der Waals surface area contributed by atoms with Crippen molar-refractivity contribution < 1.29 is 0 Å². The van der Waals surface area contributed by atoms with E-state index in [1.807, 2.05) is 0 Å². The second kappa shape index (κ2) is 4.14. The zero-order valence-electron chi connectivity index (χ0n) is 9.03. The molecule has 0 radical (unpaired) electrons. The van der Waals surface area contributed by atoms with Gasteiger partial charge in [0, 0.05) is 12.5 Å². The lowest BCUT2D eigenvalue weighted by molar-refractivity contribution is 0.381. The number of nitrogens with one attached hydrogen (secondary N) is 1. The largest absolute Gasteiger partial charge is 0.316 e. The number of benzene rings is 1. The van der Waals surface area contributed by atoms with Crippen LogP contribution in [0.4, 0.5) is 0 Å². The first kappa shape index (κ1) is 9.72. The fourth-order valence-corrected chi connectivity index (χ4v) is 2.46. The highest BCUT2D eigenvalue weighted by Crippen LogP contribution is 2.32. The molecule has 1 nitrogen and oxygen atoms in total. The van der Waals surface area contributed by atoms with Crippen molar-refractivity contribution in [3.05, 3.63) is 35.9 Å². The molecule has 76 valence electrons. The van der Waals surface area contributed by atoms with E-state index in [4.69, 9.17) is 0 Å². The predicted molar refractivity (Wildman–Crippen MR) is 60.4 cm³/mol. The average molecular weight is 189 g/mol. The van der Waals surface area contributed by atoms with Crippen molar-refractivity contribution in [3.63, 3.8) is 0 Å². The molecule has 1 aliphatic heterocycles. The first-order valence-electron chi connectivity index (χ1n) is 5.54. The van der Waals surface area contributed by atoms with E-state index in [0.29, 0.717) is 0 Å². The molecule has 2 atom stereocenters. The molecule has 1 heterocycles. The van der Waals surface area contributed by atoms with Gasteiger partial charge in [0.25, 0.3) is 0 Å². The Bertz CT molecular complexity index is 279. The molecule has 14 heavy (non-hydrogen) atoms.